The molecular formula is C18H18N4O2S2. The van der Waals surface area contributed by atoms with Gasteiger partial charge in [0.1, 0.15) is 0 Å². The lowest BCUT2D eigenvalue weighted by molar-refractivity contribution is 0.598. The fraction of sp³-hybridized carbons (Fsp3) is 0. The highest BCUT2D eigenvalue weighted by Gasteiger charge is 2.16. The molecule has 3 aromatic carbocycles. The average molecular weight is 387 g/mol. The van der Waals surface area contributed by atoms with Gasteiger partial charge in [0.2, 0.25) is 0 Å². The Hall–Kier alpha value is -2.84. The molecule has 0 aliphatic heterocycles. The van der Waals surface area contributed by atoms with Gasteiger partial charge in [0.25, 0.3) is 10.0 Å². The second-order valence-electron chi connectivity index (χ2n) is 5.54. The summed E-state index contributed by atoms with van der Waals surface area (Å²) in [6.45, 7) is 0. The summed E-state index contributed by atoms with van der Waals surface area (Å²) in [7, 11) is -4.92. The van der Waals surface area contributed by atoms with E-state index in [2.05, 4.69) is 3.77 Å². The van der Waals surface area contributed by atoms with Crippen molar-refractivity contribution in [3.05, 3.63) is 72.8 Å². The fourth-order valence-corrected chi connectivity index (χ4v) is 5.55. The maximum absolute atomic E-state index is 12.8. The summed E-state index contributed by atoms with van der Waals surface area (Å²) in [4.78, 5) is 1.57. The van der Waals surface area contributed by atoms with Gasteiger partial charge in [-0.2, -0.15) is 8.42 Å². The van der Waals surface area contributed by atoms with Crippen molar-refractivity contribution in [2.24, 2.45) is 3.77 Å². The molecule has 0 saturated heterocycles. The average Bonchev–Trinajstić information content (AvgIpc) is 2.62. The van der Waals surface area contributed by atoms with Crippen LogP contribution >= 0.6 is 0 Å². The van der Waals surface area contributed by atoms with Gasteiger partial charge in [0.15, 0.2) is 0 Å². The first-order valence-electron chi connectivity index (χ1n) is 7.64. The number of hydrogen-bond acceptors (Lipinski definition) is 5. The maximum atomic E-state index is 12.8. The first-order valence-corrected chi connectivity index (χ1v) is 10.3. The van der Waals surface area contributed by atoms with Crippen LogP contribution in [0.1, 0.15) is 0 Å². The molecule has 0 amide bonds. The van der Waals surface area contributed by atoms with E-state index in [0.29, 0.717) is 17.1 Å². The van der Waals surface area contributed by atoms with E-state index in [9.17, 15) is 8.42 Å². The molecule has 3 rings (SSSR count). The summed E-state index contributed by atoms with van der Waals surface area (Å²) in [5.74, 6) is 0. The minimum absolute atomic E-state index is 0.0927. The van der Waals surface area contributed by atoms with Gasteiger partial charge in [-0.15, -0.1) is 3.77 Å². The molecule has 0 heterocycles. The number of anilines is 3. The molecule has 6 N–H and O–H groups in total. The van der Waals surface area contributed by atoms with E-state index in [-0.39, 0.29) is 4.90 Å². The molecule has 0 unspecified atom stereocenters. The van der Waals surface area contributed by atoms with Crippen molar-refractivity contribution in [3.8, 4) is 0 Å². The van der Waals surface area contributed by atoms with Crippen molar-refractivity contribution in [1.29, 1.82) is 0 Å². The minimum atomic E-state index is -3.87. The largest absolute Gasteiger partial charge is 0.399 e. The molecule has 0 aliphatic carbocycles. The monoisotopic (exact) mass is 386 g/mol. The Bertz CT molecular complexity index is 996. The molecule has 134 valence electrons. The molecule has 0 bridgehead atoms. The van der Waals surface area contributed by atoms with Crippen molar-refractivity contribution < 1.29 is 8.42 Å². The standard InChI is InChI=1S/C18H18N4O2S2/c19-13-1-7-16(8-2-13)25(17-9-3-14(20)4-10-17)22-26(23,24)18-11-5-15(21)6-12-18/h1-12H,19-21H2. The van der Waals surface area contributed by atoms with Crippen LogP contribution in [0.2, 0.25) is 0 Å². The molecule has 0 aromatic heterocycles. The first kappa shape index (κ1) is 18.0. The van der Waals surface area contributed by atoms with Crippen LogP contribution < -0.4 is 17.2 Å². The molecule has 0 spiro atoms. The topological polar surface area (TPSA) is 125 Å². The molecule has 0 aliphatic rings. The van der Waals surface area contributed by atoms with Crippen molar-refractivity contribution in [3.63, 3.8) is 0 Å². The van der Waals surface area contributed by atoms with E-state index in [0.717, 1.165) is 9.79 Å². The Balaban J connectivity index is 2.16. The number of sulfonamides is 1. The lowest BCUT2D eigenvalue weighted by Crippen LogP contribution is -2.02. The number of nitrogen functional groups attached to an aromatic ring is 3. The van der Waals surface area contributed by atoms with Crippen LogP contribution in [0, 0.1) is 0 Å². The first-order chi connectivity index (χ1) is 12.3. The van der Waals surface area contributed by atoms with Crippen LogP contribution in [0.3, 0.4) is 0 Å². The van der Waals surface area contributed by atoms with Gasteiger partial charge in [-0.05, 0) is 83.5 Å². The summed E-state index contributed by atoms with van der Waals surface area (Å²) in [5.41, 5.74) is 18.8. The lowest BCUT2D eigenvalue weighted by Gasteiger charge is -2.10. The zero-order chi connectivity index (χ0) is 18.7. The smallest absolute Gasteiger partial charge is 0.288 e. The fourth-order valence-electron chi connectivity index (χ4n) is 2.20. The molecule has 3 aromatic rings. The number of nitrogens with two attached hydrogens (primary N) is 3. The summed E-state index contributed by atoms with van der Waals surface area (Å²) in [5, 5.41) is 0. The predicted molar refractivity (Wildman–Crippen MR) is 106 cm³/mol. The summed E-state index contributed by atoms with van der Waals surface area (Å²) in [6.07, 6.45) is 0. The third-order valence-corrected chi connectivity index (χ3v) is 7.24. The van der Waals surface area contributed by atoms with Crippen LogP contribution in [-0.2, 0) is 20.7 Å². The van der Waals surface area contributed by atoms with Gasteiger partial charge in [0.05, 0.1) is 4.90 Å². The zero-order valence-electron chi connectivity index (χ0n) is 13.7. The Morgan fingerprint density at radius 2 is 0.962 bits per heavy atom. The van der Waals surface area contributed by atoms with E-state index < -0.39 is 20.7 Å². The van der Waals surface area contributed by atoms with Gasteiger partial charge < -0.3 is 17.2 Å². The van der Waals surface area contributed by atoms with Crippen LogP contribution in [0.4, 0.5) is 17.1 Å². The number of hydrogen-bond donors (Lipinski definition) is 3. The predicted octanol–water partition coefficient (Wildman–Crippen LogP) is 3.04. The third kappa shape index (κ3) is 4.04. The van der Waals surface area contributed by atoms with Gasteiger partial charge in [0, 0.05) is 26.9 Å². The van der Waals surface area contributed by atoms with Crippen molar-refractivity contribution in [1.82, 2.24) is 0 Å². The zero-order valence-corrected chi connectivity index (χ0v) is 15.4. The molecule has 6 nitrogen and oxygen atoms in total. The Morgan fingerprint density at radius 1 is 0.615 bits per heavy atom. The SMILES string of the molecule is Nc1ccc(S(=NS(=O)(=O)c2ccc(N)cc2)c2ccc(N)cc2)cc1. The molecule has 0 fully saturated rings. The van der Waals surface area contributed by atoms with Gasteiger partial charge >= 0.3 is 0 Å². The minimum Gasteiger partial charge on any atom is -0.399 e. The quantitative estimate of drug-likeness (QED) is 0.594. The highest BCUT2D eigenvalue weighted by atomic mass is 32.3. The van der Waals surface area contributed by atoms with E-state index in [1.54, 1.807) is 48.5 Å². The third-order valence-electron chi connectivity index (χ3n) is 3.56. The highest BCUT2D eigenvalue weighted by Crippen LogP contribution is 2.25. The highest BCUT2D eigenvalue weighted by molar-refractivity contribution is 8.00. The molecular weight excluding hydrogens is 368 g/mol. The van der Waals surface area contributed by atoms with Crippen LogP contribution in [0.25, 0.3) is 0 Å². The van der Waals surface area contributed by atoms with Crippen LogP contribution in [0.5, 0.6) is 0 Å². The van der Waals surface area contributed by atoms with Gasteiger partial charge in [-0.3, -0.25) is 0 Å². The Morgan fingerprint density at radius 3 is 1.35 bits per heavy atom. The van der Waals surface area contributed by atoms with Crippen LogP contribution in [-0.4, -0.2) is 8.42 Å². The van der Waals surface area contributed by atoms with Crippen LogP contribution in [0.15, 0.2) is 91.3 Å². The van der Waals surface area contributed by atoms with E-state index >= 15 is 0 Å². The van der Waals surface area contributed by atoms with Crippen molar-refractivity contribution in [2.75, 3.05) is 17.2 Å². The molecule has 0 saturated carbocycles. The van der Waals surface area contributed by atoms with E-state index in [1.807, 2.05) is 0 Å². The second kappa shape index (κ2) is 7.19. The molecule has 0 atom stereocenters. The number of nitrogens with zero attached hydrogens (tertiary/aromatic N) is 1. The Kier molecular flexibility index (Phi) is 4.97. The van der Waals surface area contributed by atoms with Crippen molar-refractivity contribution >= 4 is 37.8 Å². The summed E-state index contributed by atoms with van der Waals surface area (Å²) >= 11 is 0. The Labute approximate surface area is 154 Å². The molecule has 26 heavy (non-hydrogen) atoms. The van der Waals surface area contributed by atoms with E-state index in [1.165, 1.54) is 24.3 Å². The number of rotatable bonds is 4. The van der Waals surface area contributed by atoms with E-state index in [4.69, 9.17) is 17.2 Å². The summed E-state index contributed by atoms with van der Waals surface area (Å²) < 4.78 is 29.8. The van der Waals surface area contributed by atoms with Crippen molar-refractivity contribution in [2.45, 2.75) is 14.7 Å². The molecule has 0 radical (unpaired) electrons. The maximum Gasteiger partial charge on any atom is 0.288 e. The second-order valence-corrected chi connectivity index (χ2v) is 9.07. The normalized spacial score (nSPS) is 11.4. The summed E-state index contributed by atoms with van der Waals surface area (Å²) in [6, 6.07) is 19.9. The number of benzene rings is 3. The lowest BCUT2D eigenvalue weighted by atomic mass is 10.3. The van der Waals surface area contributed by atoms with Gasteiger partial charge in [-0.25, -0.2) is 0 Å². The van der Waals surface area contributed by atoms with Gasteiger partial charge in [-0.1, -0.05) is 0 Å². The molecule has 8 heteroatoms.